The average molecular weight is 357 g/mol. The summed E-state index contributed by atoms with van der Waals surface area (Å²) >= 11 is 0. The first-order valence-electron chi connectivity index (χ1n) is 8.00. The molecule has 2 rings (SSSR count). The molecular formula is C20H23NO5. The van der Waals surface area contributed by atoms with E-state index in [-0.39, 0.29) is 5.91 Å². The monoisotopic (exact) mass is 357 g/mol. The number of methoxy groups -OCH3 is 4. The van der Waals surface area contributed by atoms with Gasteiger partial charge in [-0.05, 0) is 35.9 Å². The molecule has 0 bridgehead atoms. The van der Waals surface area contributed by atoms with E-state index in [9.17, 15) is 4.79 Å². The van der Waals surface area contributed by atoms with Crippen molar-refractivity contribution in [1.29, 1.82) is 0 Å². The molecule has 0 saturated carbocycles. The summed E-state index contributed by atoms with van der Waals surface area (Å²) in [6.45, 7) is 0.301. The third-order valence-corrected chi connectivity index (χ3v) is 3.78. The topological polar surface area (TPSA) is 66.0 Å². The molecule has 0 aliphatic heterocycles. The lowest BCUT2D eigenvalue weighted by atomic mass is 10.1. The first-order chi connectivity index (χ1) is 12.6. The van der Waals surface area contributed by atoms with Crippen LogP contribution in [-0.4, -0.2) is 34.3 Å². The van der Waals surface area contributed by atoms with Crippen molar-refractivity contribution in [2.24, 2.45) is 0 Å². The van der Waals surface area contributed by atoms with Crippen LogP contribution in [0.1, 0.15) is 11.1 Å². The standard InChI is InChI=1S/C20H23NO5/c1-23-16-9-5-14(6-10-16)7-12-18(22)21-13-15-8-11-17(24-2)20(26-4)19(15)25-3/h5-12H,13H2,1-4H3,(H,21,22)/b12-7+. The Morgan fingerprint density at radius 3 is 2.15 bits per heavy atom. The molecule has 0 spiro atoms. The number of amides is 1. The Morgan fingerprint density at radius 2 is 1.58 bits per heavy atom. The summed E-state index contributed by atoms with van der Waals surface area (Å²) in [7, 11) is 6.26. The van der Waals surface area contributed by atoms with Gasteiger partial charge in [-0.25, -0.2) is 0 Å². The van der Waals surface area contributed by atoms with Gasteiger partial charge < -0.3 is 24.3 Å². The molecule has 1 amide bonds. The van der Waals surface area contributed by atoms with Crippen molar-refractivity contribution >= 4 is 12.0 Å². The van der Waals surface area contributed by atoms with Gasteiger partial charge in [0.15, 0.2) is 11.5 Å². The van der Waals surface area contributed by atoms with Crippen LogP contribution in [0.15, 0.2) is 42.5 Å². The minimum atomic E-state index is -0.211. The van der Waals surface area contributed by atoms with Crippen molar-refractivity contribution in [3.63, 3.8) is 0 Å². The lowest BCUT2D eigenvalue weighted by molar-refractivity contribution is -0.116. The fourth-order valence-electron chi connectivity index (χ4n) is 2.43. The highest BCUT2D eigenvalue weighted by atomic mass is 16.5. The normalized spacial score (nSPS) is 10.5. The summed E-state index contributed by atoms with van der Waals surface area (Å²) in [6, 6.07) is 11.0. The van der Waals surface area contributed by atoms with Gasteiger partial charge in [0, 0.05) is 18.2 Å². The Labute approximate surface area is 153 Å². The minimum Gasteiger partial charge on any atom is -0.497 e. The van der Waals surface area contributed by atoms with Crippen LogP contribution in [0.2, 0.25) is 0 Å². The molecule has 6 heteroatoms. The van der Waals surface area contributed by atoms with Crippen LogP contribution < -0.4 is 24.3 Å². The summed E-state index contributed by atoms with van der Waals surface area (Å²) < 4.78 is 21.1. The molecular weight excluding hydrogens is 334 g/mol. The number of carbonyl (C=O) groups excluding carboxylic acids is 1. The highest BCUT2D eigenvalue weighted by Gasteiger charge is 2.15. The van der Waals surface area contributed by atoms with Crippen LogP contribution in [0.25, 0.3) is 6.08 Å². The van der Waals surface area contributed by atoms with Gasteiger partial charge in [-0.2, -0.15) is 0 Å². The second-order valence-corrected chi connectivity index (χ2v) is 5.32. The third-order valence-electron chi connectivity index (χ3n) is 3.78. The molecule has 0 saturated heterocycles. The molecule has 138 valence electrons. The van der Waals surface area contributed by atoms with E-state index in [1.165, 1.54) is 6.08 Å². The van der Waals surface area contributed by atoms with Gasteiger partial charge in [0.05, 0.1) is 28.4 Å². The van der Waals surface area contributed by atoms with Gasteiger partial charge >= 0.3 is 0 Å². The fraction of sp³-hybridized carbons (Fsp3) is 0.250. The Morgan fingerprint density at radius 1 is 0.885 bits per heavy atom. The van der Waals surface area contributed by atoms with E-state index < -0.39 is 0 Å². The molecule has 0 unspecified atom stereocenters. The number of ether oxygens (including phenoxy) is 4. The maximum Gasteiger partial charge on any atom is 0.244 e. The molecule has 6 nitrogen and oxygen atoms in total. The Kier molecular flexibility index (Phi) is 6.91. The Balaban J connectivity index is 2.03. The smallest absolute Gasteiger partial charge is 0.244 e. The first kappa shape index (κ1) is 19.2. The second-order valence-electron chi connectivity index (χ2n) is 5.32. The molecule has 0 heterocycles. The number of hydrogen-bond acceptors (Lipinski definition) is 5. The Hall–Kier alpha value is -3.15. The quantitative estimate of drug-likeness (QED) is 0.736. The maximum absolute atomic E-state index is 12.1. The zero-order valence-electron chi connectivity index (χ0n) is 15.4. The zero-order valence-corrected chi connectivity index (χ0v) is 15.4. The number of benzene rings is 2. The van der Waals surface area contributed by atoms with E-state index >= 15 is 0 Å². The van der Waals surface area contributed by atoms with E-state index in [0.29, 0.717) is 23.8 Å². The summed E-state index contributed by atoms with van der Waals surface area (Å²) in [5.41, 5.74) is 1.70. The molecule has 0 aromatic heterocycles. The molecule has 2 aromatic carbocycles. The predicted molar refractivity (Wildman–Crippen MR) is 100.0 cm³/mol. The molecule has 1 N–H and O–H groups in total. The molecule has 2 aromatic rings. The van der Waals surface area contributed by atoms with E-state index in [2.05, 4.69) is 5.32 Å². The maximum atomic E-state index is 12.1. The highest BCUT2D eigenvalue weighted by Crippen LogP contribution is 2.39. The zero-order chi connectivity index (χ0) is 18.9. The van der Waals surface area contributed by atoms with Gasteiger partial charge in [-0.1, -0.05) is 12.1 Å². The number of nitrogens with one attached hydrogen (secondary N) is 1. The average Bonchev–Trinajstić information content (AvgIpc) is 2.69. The predicted octanol–water partition coefficient (Wildman–Crippen LogP) is 3.05. The lowest BCUT2D eigenvalue weighted by Crippen LogP contribution is -2.20. The van der Waals surface area contributed by atoms with Crippen molar-refractivity contribution in [2.75, 3.05) is 28.4 Å². The number of rotatable bonds is 8. The second kappa shape index (κ2) is 9.36. The SMILES string of the molecule is COc1ccc(/C=C/C(=O)NCc2ccc(OC)c(OC)c2OC)cc1. The Bertz CT molecular complexity index is 769. The van der Waals surface area contributed by atoms with E-state index in [1.807, 2.05) is 30.3 Å². The van der Waals surface area contributed by atoms with Crippen LogP contribution in [0.4, 0.5) is 0 Å². The van der Waals surface area contributed by atoms with E-state index in [0.717, 1.165) is 16.9 Å². The van der Waals surface area contributed by atoms with Crippen LogP contribution in [-0.2, 0) is 11.3 Å². The molecule has 0 atom stereocenters. The summed E-state index contributed by atoms with van der Waals surface area (Å²) in [5.74, 6) is 2.16. The molecule has 0 aliphatic carbocycles. The highest BCUT2D eigenvalue weighted by molar-refractivity contribution is 5.91. The van der Waals surface area contributed by atoms with Crippen LogP contribution >= 0.6 is 0 Å². The third kappa shape index (κ3) is 4.69. The molecule has 0 fully saturated rings. The van der Waals surface area contributed by atoms with Crippen molar-refractivity contribution in [3.05, 3.63) is 53.6 Å². The first-order valence-corrected chi connectivity index (χ1v) is 8.00. The summed E-state index contributed by atoms with van der Waals surface area (Å²) in [5, 5.41) is 2.83. The van der Waals surface area contributed by atoms with Gasteiger partial charge in [-0.15, -0.1) is 0 Å². The van der Waals surface area contributed by atoms with Crippen LogP contribution in [0.3, 0.4) is 0 Å². The van der Waals surface area contributed by atoms with Crippen molar-refractivity contribution in [3.8, 4) is 23.0 Å². The van der Waals surface area contributed by atoms with Gasteiger partial charge in [-0.3, -0.25) is 4.79 Å². The van der Waals surface area contributed by atoms with Crippen LogP contribution in [0, 0.1) is 0 Å². The molecule has 0 aliphatic rings. The number of carbonyl (C=O) groups is 1. The van der Waals surface area contributed by atoms with E-state index in [4.69, 9.17) is 18.9 Å². The fourth-order valence-corrected chi connectivity index (χ4v) is 2.43. The molecule has 26 heavy (non-hydrogen) atoms. The van der Waals surface area contributed by atoms with Crippen molar-refractivity contribution in [1.82, 2.24) is 5.32 Å². The lowest BCUT2D eigenvalue weighted by Gasteiger charge is -2.15. The van der Waals surface area contributed by atoms with E-state index in [1.54, 1.807) is 40.6 Å². The molecule has 0 radical (unpaired) electrons. The van der Waals surface area contributed by atoms with Crippen molar-refractivity contribution in [2.45, 2.75) is 6.54 Å². The van der Waals surface area contributed by atoms with Gasteiger partial charge in [0.1, 0.15) is 5.75 Å². The van der Waals surface area contributed by atoms with Crippen LogP contribution in [0.5, 0.6) is 23.0 Å². The summed E-state index contributed by atoms with van der Waals surface area (Å²) in [6.07, 6.45) is 3.22. The van der Waals surface area contributed by atoms with Crippen molar-refractivity contribution < 1.29 is 23.7 Å². The van der Waals surface area contributed by atoms with Gasteiger partial charge in [0.25, 0.3) is 0 Å². The van der Waals surface area contributed by atoms with Gasteiger partial charge in [0.2, 0.25) is 11.7 Å². The summed E-state index contributed by atoms with van der Waals surface area (Å²) in [4.78, 5) is 12.1. The number of hydrogen-bond donors (Lipinski definition) is 1. The largest absolute Gasteiger partial charge is 0.497 e. The minimum absolute atomic E-state index is 0.211.